The van der Waals surface area contributed by atoms with Crippen LogP contribution >= 0.6 is 12.2 Å². The lowest BCUT2D eigenvalue weighted by molar-refractivity contribution is -0.135. The summed E-state index contributed by atoms with van der Waals surface area (Å²) in [5.74, 6) is -0.0634. The van der Waals surface area contributed by atoms with Crippen LogP contribution in [0.2, 0.25) is 0 Å². The molecule has 0 saturated heterocycles. The van der Waals surface area contributed by atoms with Crippen LogP contribution in [0.1, 0.15) is 19.8 Å². The summed E-state index contributed by atoms with van der Waals surface area (Å²) in [7, 11) is 1.67. The number of aliphatic hydroxyl groups is 1. The van der Waals surface area contributed by atoms with Crippen molar-refractivity contribution in [2.24, 2.45) is 11.1 Å². The number of thiocarbonyl (C=S) groups is 1. The molecule has 0 aromatic carbocycles. The first-order chi connectivity index (χ1) is 6.45. The number of nitrogens with zero attached hydrogens (tertiary/aromatic N) is 1. The molecule has 4 nitrogen and oxygen atoms in total. The quantitative estimate of drug-likeness (QED) is 0.644. The van der Waals surface area contributed by atoms with Gasteiger partial charge < -0.3 is 15.7 Å². The molecule has 80 valence electrons. The molecule has 1 aliphatic rings. The largest absolute Gasteiger partial charge is 0.394 e. The number of amides is 1. The van der Waals surface area contributed by atoms with Crippen molar-refractivity contribution in [2.45, 2.75) is 25.8 Å². The normalized spacial score (nSPS) is 19.9. The van der Waals surface area contributed by atoms with Gasteiger partial charge in [-0.05, 0) is 19.8 Å². The second-order valence-corrected chi connectivity index (χ2v) is 4.33. The maximum absolute atomic E-state index is 11.9. The zero-order chi connectivity index (χ0) is 10.9. The molecule has 0 aromatic heterocycles. The van der Waals surface area contributed by atoms with Gasteiger partial charge in [-0.3, -0.25) is 4.79 Å². The summed E-state index contributed by atoms with van der Waals surface area (Å²) in [5, 5.41) is 8.92. The highest BCUT2D eigenvalue weighted by molar-refractivity contribution is 7.80. The summed E-state index contributed by atoms with van der Waals surface area (Å²) < 4.78 is 0. The fourth-order valence-corrected chi connectivity index (χ4v) is 1.64. The van der Waals surface area contributed by atoms with Crippen LogP contribution in [-0.4, -0.2) is 40.6 Å². The standard InChI is InChI=1S/C9H16N2O2S/c1-6(5-12)11(2)8(13)9(3-4-9)7(10)14/h6,12H,3-5H2,1-2H3,(H2,10,14). The summed E-state index contributed by atoms with van der Waals surface area (Å²) in [6, 6.07) is -0.186. The van der Waals surface area contributed by atoms with Gasteiger partial charge in [0.2, 0.25) is 5.91 Å². The maximum Gasteiger partial charge on any atom is 0.235 e. The molecule has 1 fully saturated rings. The predicted molar refractivity (Wildman–Crippen MR) is 57.8 cm³/mol. The lowest BCUT2D eigenvalue weighted by atomic mass is 10.1. The summed E-state index contributed by atoms with van der Waals surface area (Å²) in [6.07, 6.45) is 1.48. The fourth-order valence-electron chi connectivity index (χ4n) is 1.35. The van der Waals surface area contributed by atoms with Crippen molar-refractivity contribution in [1.82, 2.24) is 4.90 Å². The number of nitrogens with two attached hydrogens (primary N) is 1. The molecule has 0 aliphatic heterocycles. The Hall–Kier alpha value is -0.680. The first-order valence-corrected chi connectivity index (χ1v) is 5.04. The number of likely N-dealkylation sites (N-methyl/N-ethyl adjacent to an activating group) is 1. The van der Waals surface area contributed by atoms with Crippen LogP contribution in [-0.2, 0) is 4.79 Å². The van der Waals surface area contributed by atoms with E-state index in [9.17, 15) is 4.79 Å². The van der Waals surface area contributed by atoms with Crippen LogP contribution in [0, 0.1) is 5.41 Å². The number of hydrogen-bond donors (Lipinski definition) is 2. The average Bonchev–Trinajstić information content (AvgIpc) is 2.95. The third-order valence-electron chi connectivity index (χ3n) is 2.88. The molecule has 5 heteroatoms. The Kier molecular flexibility index (Phi) is 3.11. The highest BCUT2D eigenvalue weighted by Crippen LogP contribution is 2.47. The molecule has 0 radical (unpaired) electrons. The highest BCUT2D eigenvalue weighted by Gasteiger charge is 2.54. The summed E-state index contributed by atoms with van der Waals surface area (Å²) in [4.78, 5) is 13.7. The number of carbonyl (C=O) groups excluding carboxylic acids is 1. The lowest BCUT2D eigenvalue weighted by Crippen LogP contribution is -2.45. The van der Waals surface area contributed by atoms with E-state index in [1.807, 2.05) is 0 Å². The van der Waals surface area contributed by atoms with E-state index in [-0.39, 0.29) is 23.5 Å². The predicted octanol–water partition coefficient (Wildman–Crippen LogP) is -0.108. The van der Waals surface area contributed by atoms with Crippen LogP contribution in [0.5, 0.6) is 0 Å². The van der Waals surface area contributed by atoms with E-state index in [0.29, 0.717) is 0 Å². The molecule has 0 heterocycles. The van der Waals surface area contributed by atoms with Crippen LogP contribution in [0.25, 0.3) is 0 Å². The third-order valence-corrected chi connectivity index (χ3v) is 3.27. The molecule has 0 aromatic rings. The van der Waals surface area contributed by atoms with Gasteiger partial charge in [0, 0.05) is 7.05 Å². The molecule has 0 spiro atoms. The molecule has 1 rings (SSSR count). The first kappa shape index (κ1) is 11.4. The number of rotatable bonds is 4. The van der Waals surface area contributed by atoms with E-state index >= 15 is 0 Å². The smallest absolute Gasteiger partial charge is 0.235 e. The van der Waals surface area contributed by atoms with Gasteiger partial charge in [0.15, 0.2) is 0 Å². The summed E-state index contributed by atoms with van der Waals surface area (Å²) in [6.45, 7) is 1.74. The molecular formula is C9H16N2O2S. The Morgan fingerprint density at radius 2 is 2.21 bits per heavy atom. The molecule has 1 saturated carbocycles. The van der Waals surface area contributed by atoms with Gasteiger partial charge in [0.1, 0.15) is 0 Å². The van der Waals surface area contributed by atoms with Gasteiger partial charge in [-0.25, -0.2) is 0 Å². The van der Waals surface area contributed by atoms with E-state index in [1.54, 1.807) is 14.0 Å². The van der Waals surface area contributed by atoms with Crippen molar-refractivity contribution in [2.75, 3.05) is 13.7 Å². The minimum absolute atomic E-state index is 0.0460. The Morgan fingerprint density at radius 1 is 1.71 bits per heavy atom. The van der Waals surface area contributed by atoms with E-state index in [2.05, 4.69) is 0 Å². The first-order valence-electron chi connectivity index (χ1n) is 4.63. The monoisotopic (exact) mass is 216 g/mol. The van der Waals surface area contributed by atoms with E-state index in [4.69, 9.17) is 23.1 Å². The van der Waals surface area contributed by atoms with Crippen molar-refractivity contribution in [1.29, 1.82) is 0 Å². The maximum atomic E-state index is 11.9. The molecule has 14 heavy (non-hydrogen) atoms. The minimum Gasteiger partial charge on any atom is -0.394 e. The van der Waals surface area contributed by atoms with Crippen molar-refractivity contribution < 1.29 is 9.90 Å². The minimum atomic E-state index is -0.604. The van der Waals surface area contributed by atoms with E-state index in [1.165, 1.54) is 4.90 Å². The molecule has 0 bridgehead atoms. The average molecular weight is 216 g/mol. The number of aliphatic hydroxyl groups excluding tert-OH is 1. The van der Waals surface area contributed by atoms with Gasteiger partial charge in [-0.15, -0.1) is 0 Å². The second kappa shape index (κ2) is 3.82. The van der Waals surface area contributed by atoms with Crippen molar-refractivity contribution in [3.05, 3.63) is 0 Å². The van der Waals surface area contributed by atoms with Crippen molar-refractivity contribution in [3.63, 3.8) is 0 Å². The molecule has 1 unspecified atom stereocenters. The van der Waals surface area contributed by atoms with Crippen LogP contribution in [0.15, 0.2) is 0 Å². The van der Waals surface area contributed by atoms with Gasteiger partial charge in [-0.1, -0.05) is 12.2 Å². The molecule has 1 atom stereocenters. The Bertz CT molecular complexity index is 264. The topological polar surface area (TPSA) is 66.6 Å². The number of carbonyl (C=O) groups is 1. The van der Waals surface area contributed by atoms with Crippen LogP contribution in [0.3, 0.4) is 0 Å². The zero-order valence-electron chi connectivity index (χ0n) is 8.49. The Labute approximate surface area is 89.1 Å². The molecule has 1 amide bonds. The highest BCUT2D eigenvalue weighted by atomic mass is 32.1. The van der Waals surface area contributed by atoms with Gasteiger partial charge in [0.25, 0.3) is 0 Å². The fraction of sp³-hybridized carbons (Fsp3) is 0.778. The third kappa shape index (κ3) is 1.74. The van der Waals surface area contributed by atoms with E-state index < -0.39 is 5.41 Å². The van der Waals surface area contributed by atoms with Crippen molar-refractivity contribution >= 4 is 23.1 Å². The van der Waals surface area contributed by atoms with Crippen molar-refractivity contribution in [3.8, 4) is 0 Å². The number of hydrogen-bond acceptors (Lipinski definition) is 3. The molecule has 1 aliphatic carbocycles. The molecular weight excluding hydrogens is 200 g/mol. The second-order valence-electron chi connectivity index (χ2n) is 3.89. The zero-order valence-corrected chi connectivity index (χ0v) is 9.30. The molecule has 3 N–H and O–H groups in total. The Balaban J connectivity index is 2.71. The SMILES string of the molecule is CC(CO)N(C)C(=O)C1(C(N)=S)CC1. The van der Waals surface area contributed by atoms with Crippen LogP contribution in [0.4, 0.5) is 0 Å². The summed E-state index contributed by atoms with van der Waals surface area (Å²) >= 11 is 4.88. The van der Waals surface area contributed by atoms with Gasteiger partial charge in [0.05, 0.1) is 23.1 Å². The Morgan fingerprint density at radius 3 is 2.50 bits per heavy atom. The summed E-state index contributed by atoms with van der Waals surface area (Å²) in [5.41, 5.74) is 4.93. The van der Waals surface area contributed by atoms with Gasteiger partial charge >= 0.3 is 0 Å². The van der Waals surface area contributed by atoms with Gasteiger partial charge in [-0.2, -0.15) is 0 Å². The lowest BCUT2D eigenvalue weighted by Gasteiger charge is -2.27. The van der Waals surface area contributed by atoms with Crippen LogP contribution < -0.4 is 5.73 Å². The van der Waals surface area contributed by atoms with E-state index in [0.717, 1.165) is 12.8 Å².